The number of amides is 1. The SMILES string of the molecule is CCCCCc1ccc(C=CC(=O)Nc2ccccc2C(=O)O)cc1.FC(F)(F)c1n[nH]c(C(F)(F)F)c1-c1ccn[nH]1. The molecule has 0 saturated carbocycles. The van der Waals surface area contributed by atoms with E-state index in [4.69, 9.17) is 5.11 Å². The number of nitrogens with one attached hydrogen (secondary N) is 3. The van der Waals surface area contributed by atoms with Gasteiger partial charge < -0.3 is 10.4 Å². The summed E-state index contributed by atoms with van der Waals surface area (Å²) in [5, 5.41) is 21.2. The topological polar surface area (TPSA) is 124 Å². The van der Waals surface area contributed by atoms with Gasteiger partial charge in [-0.05, 0) is 48.2 Å². The molecular weight excluding hydrogens is 580 g/mol. The van der Waals surface area contributed by atoms with Crippen LogP contribution in [0.25, 0.3) is 17.3 Å². The van der Waals surface area contributed by atoms with E-state index >= 15 is 0 Å². The normalized spacial score (nSPS) is 11.7. The van der Waals surface area contributed by atoms with E-state index in [9.17, 15) is 35.9 Å². The number of aromatic carboxylic acids is 1. The van der Waals surface area contributed by atoms with Gasteiger partial charge in [0.05, 0.1) is 22.5 Å². The predicted molar refractivity (Wildman–Crippen MR) is 147 cm³/mol. The standard InChI is InChI=1S/C21H23NO3.C8H4F6N4/c1-2-3-4-7-16-10-12-17(13-11-16)14-15-20(23)22-19-9-6-5-8-18(19)21(24)25;9-7(10,11)5-4(3-1-2-15-16-3)6(18-17-5)8(12,13)14/h5-6,8-15H,2-4,7H2,1H3,(H,22,23)(H,24,25);1-2H,(H,15,16)(H,17,18). The second-order valence-corrected chi connectivity index (χ2v) is 9.16. The van der Waals surface area contributed by atoms with Crippen LogP contribution in [0.4, 0.5) is 32.0 Å². The highest BCUT2D eigenvalue weighted by Gasteiger charge is 2.45. The largest absolute Gasteiger partial charge is 0.478 e. The molecule has 0 saturated heterocycles. The van der Waals surface area contributed by atoms with E-state index in [1.54, 1.807) is 24.3 Å². The third kappa shape index (κ3) is 9.31. The molecule has 228 valence electrons. The molecule has 0 aliphatic heterocycles. The van der Waals surface area contributed by atoms with Gasteiger partial charge in [-0.3, -0.25) is 15.0 Å². The van der Waals surface area contributed by atoms with Crippen LogP contribution in [0.15, 0.2) is 66.9 Å². The van der Waals surface area contributed by atoms with Gasteiger partial charge in [0.25, 0.3) is 0 Å². The summed E-state index contributed by atoms with van der Waals surface area (Å²) < 4.78 is 75.4. The number of hydrogen-bond acceptors (Lipinski definition) is 4. The van der Waals surface area contributed by atoms with E-state index in [-0.39, 0.29) is 17.2 Å². The predicted octanol–water partition coefficient (Wildman–Crippen LogP) is 7.61. The van der Waals surface area contributed by atoms with E-state index in [0.717, 1.165) is 24.2 Å². The van der Waals surface area contributed by atoms with Crippen molar-refractivity contribution < 1.29 is 41.0 Å². The number of carbonyl (C=O) groups excluding carboxylic acids is 1. The first-order valence-electron chi connectivity index (χ1n) is 12.9. The van der Waals surface area contributed by atoms with Gasteiger partial charge in [0, 0.05) is 12.3 Å². The molecule has 4 N–H and O–H groups in total. The second kappa shape index (κ2) is 14.3. The molecule has 0 unspecified atom stereocenters. The van der Waals surface area contributed by atoms with Gasteiger partial charge in [-0.25, -0.2) is 4.79 Å². The number of unbranched alkanes of at least 4 members (excludes halogenated alkanes) is 2. The average molecular weight is 608 g/mol. The number of halogens is 6. The summed E-state index contributed by atoms with van der Waals surface area (Å²) in [5.41, 5.74) is -2.13. The fraction of sp³-hybridized carbons (Fsp3) is 0.241. The number of aryl methyl sites for hydroxylation is 1. The maximum atomic E-state index is 12.6. The number of carboxylic acid groups (broad SMARTS) is 1. The van der Waals surface area contributed by atoms with Gasteiger partial charge in [0.1, 0.15) is 5.69 Å². The minimum atomic E-state index is -5.00. The third-order valence-electron chi connectivity index (χ3n) is 5.98. The maximum absolute atomic E-state index is 12.6. The second-order valence-electron chi connectivity index (χ2n) is 9.16. The molecule has 0 radical (unpaired) electrons. The molecule has 0 atom stereocenters. The molecular formula is C29H27F6N5O3. The molecule has 2 aromatic heterocycles. The van der Waals surface area contributed by atoms with Crippen molar-refractivity contribution in [2.45, 2.75) is 45.0 Å². The van der Waals surface area contributed by atoms with E-state index in [2.05, 4.69) is 39.7 Å². The quantitative estimate of drug-likeness (QED) is 0.0886. The van der Waals surface area contributed by atoms with Gasteiger partial charge in [-0.15, -0.1) is 0 Å². The number of H-pyrrole nitrogens is 2. The fourth-order valence-electron chi connectivity index (χ4n) is 3.91. The first kappa shape index (κ1) is 32.6. The number of aromatic nitrogens is 4. The lowest BCUT2D eigenvalue weighted by Crippen LogP contribution is -2.11. The van der Waals surface area contributed by atoms with Crippen molar-refractivity contribution in [2.24, 2.45) is 0 Å². The van der Waals surface area contributed by atoms with Crippen LogP contribution in [0.1, 0.15) is 59.1 Å². The van der Waals surface area contributed by atoms with E-state index in [1.807, 2.05) is 12.1 Å². The van der Waals surface area contributed by atoms with Gasteiger partial charge >= 0.3 is 18.3 Å². The zero-order valence-electron chi connectivity index (χ0n) is 22.7. The number of para-hydroxylation sites is 1. The van der Waals surface area contributed by atoms with Gasteiger partial charge in [0.15, 0.2) is 5.69 Å². The summed E-state index contributed by atoms with van der Waals surface area (Å²) in [4.78, 5) is 23.2. The Kier molecular flexibility index (Phi) is 10.9. The maximum Gasteiger partial charge on any atom is 0.435 e. The summed E-state index contributed by atoms with van der Waals surface area (Å²) in [5.74, 6) is -1.43. The van der Waals surface area contributed by atoms with E-state index < -0.39 is 41.0 Å². The van der Waals surface area contributed by atoms with Crippen molar-refractivity contribution in [3.63, 3.8) is 0 Å². The highest BCUT2D eigenvalue weighted by molar-refractivity contribution is 6.06. The number of aromatic amines is 2. The van der Waals surface area contributed by atoms with E-state index in [1.165, 1.54) is 42.1 Å². The van der Waals surface area contributed by atoms with E-state index in [0.29, 0.717) is 0 Å². The van der Waals surface area contributed by atoms with Crippen molar-refractivity contribution in [3.05, 3.63) is 94.9 Å². The molecule has 0 aliphatic rings. The number of nitrogens with zero attached hydrogens (tertiary/aromatic N) is 2. The molecule has 2 heterocycles. The zero-order valence-corrected chi connectivity index (χ0v) is 22.7. The van der Waals surface area contributed by atoms with Crippen molar-refractivity contribution in [2.75, 3.05) is 5.32 Å². The average Bonchev–Trinajstić information content (AvgIpc) is 3.63. The molecule has 4 aromatic rings. The molecule has 8 nitrogen and oxygen atoms in total. The highest BCUT2D eigenvalue weighted by atomic mass is 19.4. The summed E-state index contributed by atoms with van der Waals surface area (Å²) in [6.07, 6.45) is -1.10. The van der Waals surface area contributed by atoms with Crippen LogP contribution >= 0.6 is 0 Å². The lowest BCUT2D eigenvalue weighted by atomic mass is 10.1. The lowest BCUT2D eigenvalue weighted by molar-refractivity contribution is -0.142. The summed E-state index contributed by atoms with van der Waals surface area (Å²) >= 11 is 0. The van der Waals surface area contributed by atoms with Crippen LogP contribution in [-0.4, -0.2) is 37.4 Å². The van der Waals surface area contributed by atoms with Crippen LogP contribution in [0.5, 0.6) is 0 Å². The molecule has 0 fully saturated rings. The van der Waals surface area contributed by atoms with Crippen molar-refractivity contribution in [1.29, 1.82) is 0 Å². The summed E-state index contributed by atoms with van der Waals surface area (Å²) in [6.45, 7) is 2.19. The van der Waals surface area contributed by atoms with Gasteiger partial charge in [0.2, 0.25) is 5.91 Å². The number of rotatable bonds is 9. The van der Waals surface area contributed by atoms with Crippen LogP contribution in [0, 0.1) is 0 Å². The molecule has 1 amide bonds. The molecule has 4 rings (SSSR count). The Morgan fingerprint density at radius 1 is 0.930 bits per heavy atom. The zero-order chi connectivity index (χ0) is 31.6. The number of benzene rings is 2. The number of hydrogen-bond donors (Lipinski definition) is 4. The smallest absolute Gasteiger partial charge is 0.435 e. The molecule has 0 spiro atoms. The van der Waals surface area contributed by atoms with Crippen molar-refractivity contribution in [1.82, 2.24) is 20.4 Å². The summed E-state index contributed by atoms with van der Waals surface area (Å²) in [6, 6.07) is 15.4. The van der Waals surface area contributed by atoms with Gasteiger partial charge in [-0.1, -0.05) is 56.2 Å². The van der Waals surface area contributed by atoms with Gasteiger partial charge in [-0.2, -0.15) is 36.5 Å². The Labute approximate surface area is 241 Å². The number of anilines is 1. The molecule has 43 heavy (non-hydrogen) atoms. The molecule has 0 bridgehead atoms. The Hall–Kier alpha value is -4.88. The third-order valence-corrected chi connectivity index (χ3v) is 5.98. The van der Waals surface area contributed by atoms with Crippen molar-refractivity contribution in [3.8, 4) is 11.3 Å². The van der Waals surface area contributed by atoms with Crippen LogP contribution < -0.4 is 5.32 Å². The fourth-order valence-corrected chi connectivity index (χ4v) is 3.91. The molecule has 0 aliphatic carbocycles. The molecule has 2 aromatic carbocycles. The number of carbonyl (C=O) groups is 2. The Bertz CT molecular complexity index is 1490. The Morgan fingerprint density at radius 2 is 1.63 bits per heavy atom. The van der Waals surface area contributed by atoms with Crippen molar-refractivity contribution >= 4 is 23.6 Å². The first-order chi connectivity index (χ1) is 20.3. The monoisotopic (exact) mass is 607 g/mol. The minimum absolute atomic E-state index is 0.0701. The molecule has 14 heteroatoms. The number of carboxylic acids is 1. The highest BCUT2D eigenvalue weighted by Crippen LogP contribution is 2.42. The number of alkyl halides is 6. The van der Waals surface area contributed by atoms with Crippen LogP contribution in [0.2, 0.25) is 0 Å². The van der Waals surface area contributed by atoms with Crippen LogP contribution in [-0.2, 0) is 23.6 Å². The van der Waals surface area contributed by atoms with Crippen LogP contribution in [0.3, 0.4) is 0 Å². The lowest BCUT2D eigenvalue weighted by Gasteiger charge is -2.08. The minimum Gasteiger partial charge on any atom is -0.478 e. The Balaban J connectivity index is 0.000000248. The summed E-state index contributed by atoms with van der Waals surface area (Å²) in [7, 11) is 0. The Morgan fingerprint density at radius 3 is 2.21 bits per heavy atom. The first-order valence-corrected chi connectivity index (χ1v) is 12.9.